The average Bonchev–Trinajstić information content (AvgIpc) is 1.90. The van der Waals surface area contributed by atoms with E-state index < -0.39 is 0 Å². The molecule has 0 aliphatic carbocycles. The average molecular weight is 176 g/mol. The number of hydrogen-bond acceptors (Lipinski definition) is 3. The molecular weight excluding hydrogens is 166 g/mol. The predicted octanol–water partition coefficient (Wildman–Crippen LogP) is 1.92. The smallest absolute Gasteiger partial charge is 0.261 e. The molecule has 10 heavy (non-hydrogen) atoms. The molecule has 4 heteroatoms. The molecule has 0 spiro atoms. The SMILES string of the molecule is CCSC(=N[C]=O)SCC. The highest BCUT2D eigenvalue weighted by atomic mass is 32.2. The first-order valence-electron chi connectivity index (χ1n) is 3.05. The van der Waals surface area contributed by atoms with Gasteiger partial charge in [-0.2, -0.15) is 4.99 Å². The molecule has 0 aliphatic heterocycles. The number of carbonyl (C=O) groups excluding carboxylic acids is 1. The van der Waals surface area contributed by atoms with Gasteiger partial charge in [0.05, 0.1) is 0 Å². The lowest BCUT2D eigenvalue weighted by molar-refractivity contribution is 0.558. The van der Waals surface area contributed by atoms with Crippen LogP contribution in [-0.2, 0) is 4.79 Å². The summed E-state index contributed by atoms with van der Waals surface area (Å²) in [7, 11) is 0. The van der Waals surface area contributed by atoms with Gasteiger partial charge < -0.3 is 0 Å². The van der Waals surface area contributed by atoms with Crippen LogP contribution in [0.1, 0.15) is 13.8 Å². The molecule has 0 unspecified atom stereocenters. The molecule has 0 bridgehead atoms. The van der Waals surface area contributed by atoms with Crippen molar-refractivity contribution in [1.29, 1.82) is 0 Å². The summed E-state index contributed by atoms with van der Waals surface area (Å²) in [6.07, 6.45) is 1.53. The van der Waals surface area contributed by atoms with Crippen molar-refractivity contribution >= 4 is 34.3 Å². The van der Waals surface area contributed by atoms with E-state index >= 15 is 0 Å². The van der Waals surface area contributed by atoms with Crippen molar-refractivity contribution in [1.82, 2.24) is 0 Å². The predicted molar refractivity (Wildman–Crippen MR) is 49.4 cm³/mol. The van der Waals surface area contributed by atoms with E-state index in [1.165, 1.54) is 6.41 Å². The van der Waals surface area contributed by atoms with Crippen LogP contribution in [-0.4, -0.2) is 22.3 Å². The molecule has 0 aromatic heterocycles. The van der Waals surface area contributed by atoms with Gasteiger partial charge in [0.15, 0.2) is 0 Å². The highest BCUT2D eigenvalue weighted by Gasteiger charge is 1.96. The quantitative estimate of drug-likeness (QED) is 0.486. The van der Waals surface area contributed by atoms with Crippen LogP contribution in [0.15, 0.2) is 4.99 Å². The summed E-state index contributed by atoms with van der Waals surface area (Å²) >= 11 is 3.15. The fourth-order valence-corrected chi connectivity index (χ4v) is 2.13. The zero-order valence-electron chi connectivity index (χ0n) is 6.09. The Bertz CT molecular complexity index is 117. The second kappa shape index (κ2) is 7.15. The van der Waals surface area contributed by atoms with Crippen LogP contribution >= 0.6 is 23.5 Å². The van der Waals surface area contributed by atoms with Crippen molar-refractivity contribution in [2.45, 2.75) is 13.8 Å². The Morgan fingerprint density at radius 3 is 2.20 bits per heavy atom. The Balaban J connectivity index is 3.71. The normalized spacial score (nSPS) is 9.00. The van der Waals surface area contributed by atoms with Crippen molar-refractivity contribution < 1.29 is 4.79 Å². The van der Waals surface area contributed by atoms with Crippen LogP contribution < -0.4 is 0 Å². The Morgan fingerprint density at radius 2 is 1.90 bits per heavy atom. The highest BCUT2D eigenvalue weighted by molar-refractivity contribution is 8.38. The third-order valence-corrected chi connectivity index (χ3v) is 2.63. The Labute approximate surface area is 69.9 Å². The second-order valence-corrected chi connectivity index (χ2v) is 4.10. The van der Waals surface area contributed by atoms with Gasteiger partial charge >= 0.3 is 6.41 Å². The van der Waals surface area contributed by atoms with Gasteiger partial charge in [0.1, 0.15) is 4.38 Å². The minimum absolute atomic E-state index is 0.819. The standard InChI is InChI=1S/C6H10NOS2/c1-3-9-6(7-5-8)10-4-2/h3-4H2,1-2H3. The second-order valence-electron chi connectivity index (χ2n) is 1.34. The number of amides is 1. The molecule has 0 rings (SSSR count). The summed E-state index contributed by atoms with van der Waals surface area (Å²) in [6.45, 7) is 4.06. The number of rotatable bonds is 3. The molecule has 0 aromatic carbocycles. The largest absolute Gasteiger partial charge is 0.338 e. The molecule has 0 aromatic rings. The Morgan fingerprint density at radius 1 is 1.40 bits per heavy atom. The number of thioether (sulfide) groups is 2. The fourth-order valence-electron chi connectivity index (χ4n) is 0.390. The number of nitrogens with zero attached hydrogens (tertiary/aromatic N) is 1. The van der Waals surface area contributed by atoms with Crippen molar-refractivity contribution in [3.8, 4) is 0 Å². The van der Waals surface area contributed by atoms with Crippen LogP contribution in [0.3, 0.4) is 0 Å². The Hall–Kier alpha value is 0.0400. The van der Waals surface area contributed by atoms with E-state index in [4.69, 9.17) is 0 Å². The molecule has 0 atom stereocenters. The first-order chi connectivity index (χ1) is 4.85. The molecule has 0 heterocycles. The summed E-state index contributed by atoms with van der Waals surface area (Å²) < 4.78 is 0.819. The highest BCUT2D eigenvalue weighted by Crippen LogP contribution is 2.15. The van der Waals surface area contributed by atoms with Gasteiger partial charge in [-0.05, 0) is 11.5 Å². The summed E-state index contributed by atoms with van der Waals surface area (Å²) in [5.41, 5.74) is 0. The molecule has 0 aliphatic rings. The van der Waals surface area contributed by atoms with Crippen molar-refractivity contribution in [3.05, 3.63) is 0 Å². The summed E-state index contributed by atoms with van der Waals surface area (Å²) in [6, 6.07) is 0. The topological polar surface area (TPSA) is 29.4 Å². The first-order valence-corrected chi connectivity index (χ1v) is 5.02. The van der Waals surface area contributed by atoms with Crippen LogP contribution in [0.4, 0.5) is 0 Å². The first kappa shape index (κ1) is 10.0. The van der Waals surface area contributed by atoms with E-state index in [1.54, 1.807) is 23.5 Å². The van der Waals surface area contributed by atoms with Crippen LogP contribution in [0.2, 0.25) is 0 Å². The van der Waals surface area contributed by atoms with E-state index in [0.717, 1.165) is 15.9 Å². The van der Waals surface area contributed by atoms with Crippen LogP contribution in [0.25, 0.3) is 0 Å². The molecule has 2 nitrogen and oxygen atoms in total. The number of aliphatic imine (C=N–C) groups is 1. The van der Waals surface area contributed by atoms with Crippen LogP contribution in [0.5, 0.6) is 0 Å². The lowest BCUT2D eigenvalue weighted by Gasteiger charge is -1.96. The van der Waals surface area contributed by atoms with E-state index in [-0.39, 0.29) is 0 Å². The van der Waals surface area contributed by atoms with Crippen molar-refractivity contribution in [3.63, 3.8) is 0 Å². The Kier molecular flexibility index (Phi) is 7.18. The number of hydrogen-bond donors (Lipinski definition) is 0. The van der Waals surface area contributed by atoms with Crippen molar-refractivity contribution in [2.75, 3.05) is 11.5 Å². The van der Waals surface area contributed by atoms with Gasteiger partial charge in [-0.1, -0.05) is 37.4 Å². The van der Waals surface area contributed by atoms with Gasteiger partial charge in [0, 0.05) is 0 Å². The minimum Gasteiger partial charge on any atom is -0.261 e. The zero-order chi connectivity index (χ0) is 7.82. The monoisotopic (exact) mass is 176 g/mol. The van der Waals surface area contributed by atoms with E-state index in [0.29, 0.717) is 0 Å². The van der Waals surface area contributed by atoms with Gasteiger partial charge in [0.2, 0.25) is 0 Å². The summed E-state index contributed by atoms with van der Waals surface area (Å²) in [4.78, 5) is 13.4. The molecule has 0 N–H and O–H groups in total. The molecule has 0 saturated heterocycles. The van der Waals surface area contributed by atoms with E-state index in [2.05, 4.69) is 4.99 Å². The zero-order valence-corrected chi connectivity index (χ0v) is 7.72. The third kappa shape index (κ3) is 4.88. The fraction of sp³-hybridized carbons (Fsp3) is 0.667. The van der Waals surface area contributed by atoms with Gasteiger partial charge in [0.25, 0.3) is 0 Å². The molecule has 57 valence electrons. The maximum absolute atomic E-state index is 9.83. The molecule has 0 fully saturated rings. The molecule has 1 radical (unpaired) electrons. The minimum atomic E-state index is 0.819. The third-order valence-electron chi connectivity index (χ3n) is 0.673. The maximum atomic E-state index is 9.83. The van der Waals surface area contributed by atoms with E-state index in [1.807, 2.05) is 13.8 Å². The molecular formula is C6H10NOS2. The maximum Gasteiger partial charge on any atom is 0.338 e. The van der Waals surface area contributed by atoms with Gasteiger partial charge in [-0.3, -0.25) is 4.79 Å². The van der Waals surface area contributed by atoms with E-state index in [9.17, 15) is 4.79 Å². The molecule has 0 saturated carbocycles. The van der Waals surface area contributed by atoms with Gasteiger partial charge in [-0.15, -0.1) is 0 Å². The lowest BCUT2D eigenvalue weighted by Crippen LogP contribution is -1.87. The van der Waals surface area contributed by atoms with Crippen LogP contribution in [0, 0.1) is 0 Å². The molecule has 1 amide bonds. The summed E-state index contributed by atoms with van der Waals surface area (Å²) in [5, 5.41) is 0. The van der Waals surface area contributed by atoms with Crippen molar-refractivity contribution in [2.24, 2.45) is 4.99 Å². The van der Waals surface area contributed by atoms with Gasteiger partial charge in [-0.25, -0.2) is 0 Å². The summed E-state index contributed by atoms with van der Waals surface area (Å²) in [5.74, 6) is 1.90. The lowest BCUT2D eigenvalue weighted by atomic mass is 11.0.